The van der Waals surface area contributed by atoms with E-state index in [0.29, 0.717) is 12.3 Å². The predicted molar refractivity (Wildman–Crippen MR) is 62.3 cm³/mol. The first-order chi connectivity index (χ1) is 6.57. The molecule has 0 heterocycles. The summed E-state index contributed by atoms with van der Waals surface area (Å²) in [6.45, 7) is 2.66. The van der Waals surface area contributed by atoms with Crippen LogP contribution >= 0.6 is 12.6 Å². The van der Waals surface area contributed by atoms with E-state index in [1.54, 1.807) is 0 Å². The highest BCUT2D eigenvalue weighted by Crippen LogP contribution is 1.96. The number of carbonyl (C=O) groups is 1. The topological polar surface area (TPSA) is 81.1 Å². The van der Waals surface area contributed by atoms with Crippen LogP contribution in [0.25, 0.3) is 0 Å². The number of amides is 1. The Hall–Kier alpha value is -0.260. The van der Waals surface area contributed by atoms with Gasteiger partial charge in [0.25, 0.3) is 0 Å². The second-order valence-corrected chi connectivity index (χ2v) is 3.92. The molecule has 0 radical (unpaired) electrons. The van der Waals surface area contributed by atoms with Crippen LogP contribution in [-0.2, 0) is 4.79 Å². The zero-order valence-electron chi connectivity index (χ0n) is 8.70. The summed E-state index contributed by atoms with van der Waals surface area (Å²) in [4.78, 5) is 11.2. The largest absolute Gasteiger partial charge is 0.355 e. The van der Waals surface area contributed by atoms with Crippen LogP contribution in [0.5, 0.6) is 0 Å². The molecule has 0 bridgehead atoms. The average Bonchev–Trinajstić information content (AvgIpc) is 2.15. The van der Waals surface area contributed by atoms with Crippen LogP contribution in [0.15, 0.2) is 0 Å². The van der Waals surface area contributed by atoms with Crippen molar-refractivity contribution in [2.24, 2.45) is 11.5 Å². The maximum Gasteiger partial charge on any atom is 0.237 e. The maximum absolute atomic E-state index is 11.2. The van der Waals surface area contributed by atoms with Crippen LogP contribution in [0.2, 0.25) is 0 Å². The van der Waals surface area contributed by atoms with Gasteiger partial charge in [0, 0.05) is 18.3 Å². The molecule has 1 amide bonds. The van der Waals surface area contributed by atoms with Crippen LogP contribution < -0.4 is 16.8 Å². The molecular formula is C9H21N3OS. The molecule has 0 aliphatic heterocycles. The van der Waals surface area contributed by atoms with Gasteiger partial charge in [-0.25, -0.2) is 0 Å². The third kappa shape index (κ3) is 7.17. The van der Waals surface area contributed by atoms with Gasteiger partial charge in [-0.1, -0.05) is 6.42 Å². The lowest BCUT2D eigenvalue weighted by Crippen LogP contribution is -2.42. The van der Waals surface area contributed by atoms with Crippen molar-refractivity contribution >= 4 is 18.5 Å². The predicted octanol–water partition coefficient (Wildman–Crippen LogP) is -0.123. The summed E-state index contributed by atoms with van der Waals surface area (Å²) in [7, 11) is 0. The van der Waals surface area contributed by atoms with Gasteiger partial charge in [0.05, 0.1) is 6.04 Å². The molecule has 0 saturated carbocycles. The molecule has 0 saturated heterocycles. The molecule has 5 N–H and O–H groups in total. The fraction of sp³-hybridized carbons (Fsp3) is 0.889. The van der Waals surface area contributed by atoms with Gasteiger partial charge >= 0.3 is 0 Å². The lowest BCUT2D eigenvalue weighted by Gasteiger charge is -2.09. The Morgan fingerprint density at radius 3 is 2.57 bits per heavy atom. The first-order valence-electron chi connectivity index (χ1n) is 4.97. The van der Waals surface area contributed by atoms with E-state index in [0.717, 1.165) is 19.3 Å². The van der Waals surface area contributed by atoms with E-state index in [-0.39, 0.29) is 11.9 Å². The molecule has 0 aliphatic carbocycles. The van der Waals surface area contributed by atoms with E-state index in [1.807, 2.05) is 6.92 Å². The molecule has 84 valence electrons. The SMILES string of the molecule is CC(N)CCCCNC(=O)C(N)CS. The second-order valence-electron chi connectivity index (χ2n) is 3.55. The Kier molecular flexibility index (Phi) is 7.93. The third-order valence-electron chi connectivity index (χ3n) is 1.92. The second kappa shape index (κ2) is 8.08. The lowest BCUT2D eigenvalue weighted by atomic mass is 10.1. The maximum atomic E-state index is 11.2. The van der Waals surface area contributed by atoms with Crippen LogP contribution in [0.4, 0.5) is 0 Å². The highest BCUT2D eigenvalue weighted by Gasteiger charge is 2.09. The molecule has 0 spiro atoms. The number of nitrogens with two attached hydrogens (primary N) is 2. The fourth-order valence-corrected chi connectivity index (χ4v) is 1.18. The molecule has 0 aromatic heterocycles. The molecule has 4 nitrogen and oxygen atoms in total. The quantitative estimate of drug-likeness (QED) is 0.356. The standard InChI is InChI=1S/C9H21N3OS/c1-7(10)4-2-3-5-12-9(13)8(11)6-14/h7-8,14H,2-6,10-11H2,1H3,(H,12,13). The van der Waals surface area contributed by atoms with Crippen molar-refractivity contribution in [1.29, 1.82) is 0 Å². The monoisotopic (exact) mass is 219 g/mol. The number of hydrogen-bond donors (Lipinski definition) is 4. The highest BCUT2D eigenvalue weighted by atomic mass is 32.1. The van der Waals surface area contributed by atoms with E-state index >= 15 is 0 Å². The van der Waals surface area contributed by atoms with Crippen molar-refractivity contribution in [1.82, 2.24) is 5.32 Å². The van der Waals surface area contributed by atoms with Gasteiger partial charge in [0.1, 0.15) is 0 Å². The van der Waals surface area contributed by atoms with Gasteiger partial charge in [-0.15, -0.1) is 0 Å². The summed E-state index contributed by atoms with van der Waals surface area (Å²) in [6, 6.07) is -0.253. The molecule has 5 heteroatoms. The smallest absolute Gasteiger partial charge is 0.237 e. The number of rotatable bonds is 7. The summed E-state index contributed by atoms with van der Waals surface area (Å²) >= 11 is 3.94. The van der Waals surface area contributed by atoms with E-state index < -0.39 is 6.04 Å². The first kappa shape index (κ1) is 13.7. The fourth-order valence-electron chi connectivity index (χ4n) is 1.02. The number of carbonyl (C=O) groups excluding carboxylic acids is 1. The van der Waals surface area contributed by atoms with Gasteiger partial charge in [-0.05, 0) is 19.8 Å². The Bertz CT molecular complexity index is 164. The van der Waals surface area contributed by atoms with Crippen molar-refractivity contribution < 1.29 is 4.79 Å². The highest BCUT2D eigenvalue weighted by molar-refractivity contribution is 7.80. The molecule has 0 aromatic carbocycles. The van der Waals surface area contributed by atoms with Crippen LogP contribution in [0.3, 0.4) is 0 Å². The van der Waals surface area contributed by atoms with Crippen molar-refractivity contribution in [3.05, 3.63) is 0 Å². The zero-order valence-corrected chi connectivity index (χ0v) is 9.59. The van der Waals surface area contributed by atoms with Gasteiger partial charge in [0.15, 0.2) is 0 Å². The summed E-state index contributed by atoms with van der Waals surface area (Å²) < 4.78 is 0. The van der Waals surface area contributed by atoms with Crippen molar-refractivity contribution in [3.8, 4) is 0 Å². The third-order valence-corrected chi connectivity index (χ3v) is 2.31. The van der Waals surface area contributed by atoms with E-state index in [9.17, 15) is 4.79 Å². The summed E-state index contributed by atoms with van der Waals surface area (Å²) in [5.74, 6) is 0.256. The lowest BCUT2D eigenvalue weighted by molar-refractivity contribution is -0.121. The molecule has 2 atom stereocenters. The summed E-state index contributed by atoms with van der Waals surface area (Å²) in [5.41, 5.74) is 11.1. The molecule has 2 unspecified atom stereocenters. The van der Waals surface area contributed by atoms with E-state index in [2.05, 4.69) is 17.9 Å². The van der Waals surface area contributed by atoms with Crippen LogP contribution in [0.1, 0.15) is 26.2 Å². The molecule has 0 aliphatic rings. The molecule has 0 aromatic rings. The normalized spacial score (nSPS) is 14.9. The van der Waals surface area contributed by atoms with Crippen LogP contribution in [-0.4, -0.2) is 30.3 Å². The van der Waals surface area contributed by atoms with E-state index in [4.69, 9.17) is 11.5 Å². The number of thiol groups is 1. The van der Waals surface area contributed by atoms with Crippen molar-refractivity contribution in [2.45, 2.75) is 38.3 Å². The average molecular weight is 219 g/mol. The Labute approximate surface area is 91.2 Å². The number of unbranched alkanes of at least 4 members (excludes halogenated alkanes) is 1. The number of nitrogens with one attached hydrogen (secondary N) is 1. The van der Waals surface area contributed by atoms with Crippen LogP contribution in [0, 0.1) is 0 Å². The number of hydrogen-bond acceptors (Lipinski definition) is 4. The molecule has 0 fully saturated rings. The Morgan fingerprint density at radius 2 is 2.07 bits per heavy atom. The van der Waals surface area contributed by atoms with Crippen molar-refractivity contribution in [2.75, 3.05) is 12.3 Å². The minimum absolute atomic E-state index is 0.124. The minimum atomic E-state index is -0.494. The molecular weight excluding hydrogens is 198 g/mol. The Balaban J connectivity index is 3.32. The molecule has 0 rings (SSSR count). The first-order valence-corrected chi connectivity index (χ1v) is 5.61. The summed E-state index contributed by atoms with van der Waals surface area (Å²) in [6.07, 6.45) is 2.98. The molecule has 14 heavy (non-hydrogen) atoms. The van der Waals surface area contributed by atoms with E-state index in [1.165, 1.54) is 0 Å². The van der Waals surface area contributed by atoms with Gasteiger partial charge in [0.2, 0.25) is 5.91 Å². The van der Waals surface area contributed by atoms with Gasteiger partial charge < -0.3 is 16.8 Å². The van der Waals surface area contributed by atoms with Crippen molar-refractivity contribution in [3.63, 3.8) is 0 Å². The summed E-state index contributed by atoms with van der Waals surface area (Å²) in [5, 5.41) is 2.75. The Morgan fingerprint density at radius 1 is 1.43 bits per heavy atom. The van der Waals surface area contributed by atoms with Gasteiger partial charge in [-0.2, -0.15) is 12.6 Å². The zero-order chi connectivity index (χ0) is 11.0. The van der Waals surface area contributed by atoms with Gasteiger partial charge in [-0.3, -0.25) is 4.79 Å². The minimum Gasteiger partial charge on any atom is -0.355 e.